The van der Waals surface area contributed by atoms with Gasteiger partial charge in [0.2, 0.25) is 0 Å². The smallest absolute Gasteiger partial charge is 0.341 e. The summed E-state index contributed by atoms with van der Waals surface area (Å²) in [5.41, 5.74) is 3.17. The van der Waals surface area contributed by atoms with Gasteiger partial charge in [0.05, 0.1) is 18.2 Å². The number of allylic oxidation sites excluding steroid dienone is 2. The minimum absolute atomic E-state index is 0.0987. The van der Waals surface area contributed by atoms with E-state index >= 15 is 0 Å². The van der Waals surface area contributed by atoms with Gasteiger partial charge in [-0.15, -0.1) is 0 Å². The number of carbonyl (C=O) groups excluding carboxylic acids is 1. The number of hydrogen-bond acceptors (Lipinski definition) is 3. The number of halogens is 2. The molecule has 0 fully saturated rings. The van der Waals surface area contributed by atoms with E-state index in [9.17, 15) is 13.6 Å². The van der Waals surface area contributed by atoms with E-state index in [1.807, 2.05) is 19.1 Å². The molecule has 3 atom stereocenters. The van der Waals surface area contributed by atoms with Crippen molar-refractivity contribution in [2.75, 3.05) is 11.9 Å². The number of hydrogen-bond donors (Lipinski definition) is 1. The van der Waals surface area contributed by atoms with Gasteiger partial charge in [0.25, 0.3) is 0 Å². The molecule has 0 radical (unpaired) electrons. The maximum atomic E-state index is 14.9. The van der Waals surface area contributed by atoms with Gasteiger partial charge in [0.15, 0.2) is 11.6 Å². The quantitative estimate of drug-likeness (QED) is 0.591. The summed E-state index contributed by atoms with van der Waals surface area (Å²) in [5.74, 6) is -2.72. The predicted molar refractivity (Wildman–Crippen MR) is 99.8 cm³/mol. The lowest BCUT2D eigenvalue weighted by molar-refractivity contribution is 0.0519. The largest absolute Gasteiger partial charge is 0.462 e. The van der Waals surface area contributed by atoms with E-state index in [0.29, 0.717) is 0 Å². The lowest BCUT2D eigenvalue weighted by Crippen LogP contribution is -2.30. The summed E-state index contributed by atoms with van der Waals surface area (Å²) in [7, 11) is 0. The van der Waals surface area contributed by atoms with Crippen LogP contribution in [-0.2, 0) is 4.74 Å². The summed E-state index contributed by atoms with van der Waals surface area (Å²) < 4.78 is 34.3. The number of esters is 1. The van der Waals surface area contributed by atoms with Crippen LogP contribution < -0.4 is 5.32 Å². The topological polar surface area (TPSA) is 38.3 Å². The summed E-state index contributed by atoms with van der Waals surface area (Å²) >= 11 is 0. The average molecular weight is 369 g/mol. The molecule has 1 aliphatic carbocycles. The molecule has 1 N–H and O–H groups in total. The summed E-state index contributed by atoms with van der Waals surface area (Å²) in [6, 6.07) is 8.58. The van der Waals surface area contributed by atoms with Crippen LogP contribution in [0.4, 0.5) is 14.5 Å². The molecule has 1 heterocycles. The molecule has 0 saturated heterocycles. The fourth-order valence-electron chi connectivity index (χ4n) is 4.19. The Morgan fingerprint density at radius 3 is 2.78 bits per heavy atom. The molecule has 4 rings (SSSR count). The number of anilines is 1. The highest BCUT2D eigenvalue weighted by atomic mass is 19.2. The van der Waals surface area contributed by atoms with Gasteiger partial charge in [-0.25, -0.2) is 13.6 Å². The molecule has 1 aliphatic heterocycles. The van der Waals surface area contributed by atoms with Crippen LogP contribution in [0, 0.1) is 24.5 Å². The number of rotatable bonds is 3. The molecule has 5 heteroatoms. The van der Waals surface area contributed by atoms with Gasteiger partial charge in [-0.2, -0.15) is 0 Å². The Bertz CT molecular complexity index is 938. The zero-order chi connectivity index (χ0) is 19.1. The van der Waals surface area contributed by atoms with Crippen LogP contribution in [0.2, 0.25) is 0 Å². The van der Waals surface area contributed by atoms with Crippen LogP contribution in [0.25, 0.3) is 0 Å². The van der Waals surface area contributed by atoms with Gasteiger partial charge in [-0.05, 0) is 43.9 Å². The summed E-state index contributed by atoms with van der Waals surface area (Å²) in [5, 5.41) is 3.39. The molecular weight excluding hydrogens is 348 g/mol. The third kappa shape index (κ3) is 2.91. The van der Waals surface area contributed by atoms with Crippen molar-refractivity contribution in [3.05, 3.63) is 76.4 Å². The van der Waals surface area contributed by atoms with Crippen molar-refractivity contribution in [3.8, 4) is 0 Å². The van der Waals surface area contributed by atoms with Crippen molar-refractivity contribution in [1.82, 2.24) is 0 Å². The van der Waals surface area contributed by atoms with E-state index < -0.39 is 17.6 Å². The molecule has 3 nitrogen and oxygen atoms in total. The Kier molecular flexibility index (Phi) is 4.46. The highest BCUT2D eigenvalue weighted by Gasteiger charge is 2.39. The molecule has 2 aliphatic rings. The SMILES string of the molecule is CCOC(=O)c1ccc([C@@H]2Nc3ccc(C)cc3[C@@H]3C=CC[C@@H]32)c(F)c1F. The Morgan fingerprint density at radius 1 is 1.19 bits per heavy atom. The Morgan fingerprint density at radius 2 is 2.00 bits per heavy atom. The van der Waals surface area contributed by atoms with Crippen LogP contribution in [0.3, 0.4) is 0 Å². The van der Waals surface area contributed by atoms with Crippen LogP contribution in [0.5, 0.6) is 0 Å². The minimum Gasteiger partial charge on any atom is -0.462 e. The van der Waals surface area contributed by atoms with E-state index in [1.165, 1.54) is 23.3 Å². The molecule has 0 aromatic heterocycles. The van der Waals surface area contributed by atoms with Crippen molar-refractivity contribution in [3.63, 3.8) is 0 Å². The number of aryl methyl sites for hydroxylation is 1. The van der Waals surface area contributed by atoms with Gasteiger partial charge in [0.1, 0.15) is 0 Å². The normalized spacial score (nSPS) is 22.7. The lowest BCUT2D eigenvalue weighted by atomic mass is 9.76. The van der Waals surface area contributed by atoms with Crippen molar-refractivity contribution in [2.45, 2.75) is 32.2 Å². The predicted octanol–water partition coefficient (Wildman–Crippen LogP) is 5.28. The van der Waals surface area contributed by atoms with E-state index in [0.717, 1.165) is 12.1 Å². The maximum absolute atomic E-state index is 14.9. The van der Waals surface area contributed by atoms with Crippen LogP contribution >= 0.6 is 0 Å². The van der Waals surface area contributed by atoms with E-state index in [-0.39, 0.29) is 35.6 Å². The molecular formula is C22H21F2NO2. The first-order valence-corrected chi connectivity index (χ1v) is 9.20. The van der Waals surface area contributed by atoms with Gasteiger partial charge in [-0.3, -0.25) is 0 Å². The lowest BCUT2D eigenvalue weighted by Gasteiger charge is -2.37. The Labute approximate surface area is 157 Å². The van der Waals surface area contributed by atoms with Gasteiger partial charge in [-0.1, -0.05) is 35.9 Å². The molecule has 0 amide bonds. The van der Waals surface area contributed by atoms with Gasteiger partial charge in [0, 0.05) is 17.2 Å². The fourth-order valence-corrected chi connectivity index (χ4v) is 4.19. The number of fused-ring (bicyclic) bond motifs is 3. The van der Waals surface area contributed by atoms with E-state index in [2.05, 4.69) is 23.5 Å². The highest BCUT2D eigenvalue weighted by molar-refractivity contribution is 5.89. The van der Waals surface area contributed by atoms with Crippen LogP contribution in [0.15, 0.2) is 42.5 Å². The maximum Gasteiger partial charge on any atom is 0.341 e. The molecule has 0 saturated carbocycles. The van der Waals surface area contributed by atoms with Gasteiger partial charge >= 0.3 is 5.97 Å². The molecule has 2 aromatic rings. The fraction of sp³-hybridized carbons (Fsp3) is 0.318. The first kappa shape index (κ1) is 17.7. The second kappa shape index (κ2) is 6.80. The van der Waals surface area contributed by atoms with E-state index in [1.54, 1.807) is 6.92 Å². The average Bonchev–Trinajstić information content (AvgIpc) is 3.14. The number of carbonyl (C=O) groups is 1. The number of nitrogens with one attached hydrogen (secondary N) is 1. The van der Waals surface area contributed by atoms with Crippen molar-refractivity contribution < 1.29 is 18.3 Å². The zero-order valence-corrected chi connectivity index (χ0v) is 15.3. The first-order valence-electron chi connectivity index (χ1n) is 9.20. The number of benzene rings is 2. The van der Waals surface area contributed by atoms with Crippen LogP contribution in [-0.4, -0.2) is 12.6 Å². The second-order valence-corrected chi connectivity index (χ2v) is 7.12. The summed E-state index contributed by atoms with van der Waals surface area (Å²) in [6.45, 7) is 3.78. The minimum atomic E-state index is -1.15. The number of ether oxygens (including phenoxy) is 1. The summed E-state index contributed by atoms with van der Waals surface area (Å²) in [6.07, 6.45) is 5.04. The molecule has 0 unspecified atom stereocenters. The van der Waals surface area contributed by atoms with Crippen molar-refractivity contribution in [2.24, 2.45) is 5.92 Å². The molecule has 27 heavy (non-hydrogen) atoms. The molecule has 0 bridgehead atoms. The third-order valence-electron chi connectivity index (χ3n) is 5.46. The van der Waals surface area contributed by atoms with Crippen molar-refractivity contribution in [1.29, 1.82) is 0 Å². The Balaban J connectivity index is 1.75. The summed E-state index contributed by atoms with van der Waals surface area (Å²) in [4.78, 5) is 11.8. The molecule has 0 spiro atoms. The Hall–Kier alpha value is -2.69. The van der Waals surface area contributed by atoms with Crippen molar-refractivity contribution >= 4 is 11.7 Å². The molecule has 2 aromatic carbocycles. The van der Waals surface area contributed by atoms with Gasteiger partial charge < -0.3 is 10.1 Å². The third-order valence-corrected chi connectivity index (χ3v) is 5.46. The zero-order valence-electron chi connectivity index (χ0n) is 15.3. The molecule has 140 valence electrons. The standard InChI is InChI=1S/C22H21F2NO2/c1-3-27-22(26)16-9-8-15(19(23)20(16)24)21-14-6-4-5-13(14)17-11-12(2)7-10-18(17)25-21/h4-5,7-11,13-14,21,25H,3,6H2,1-2H3/t13-,14+,21-/m1/s1. The van der Waals surface area contributed by atoms with Crippen LogP contribution in [0.1, 0.15) is 52.4 Å². The highest BCUT2D eigenvalue weighted by Crippen LogP contribution is 2.50. The first-order chi connectivity index (χ1) is 13.0. The van der Waals surface area contributed by atoms with E-state index in [4.69, 9.17) is 4.74 Å². The monoisotopic (exact) mass is 369 g/mol. The second-order valence-electron chi connectivity index (χ2n) is 7.12.